The van der Waals surface area contributed by atoms with E-state index in [1.165, 1.54) is 4.90 Å². The summed E-state index contributed by atoms with van der Waals surface area (Å²) in [5.41, 5.74) is 9.11. The third kappa shape index (κ3) is 8.93. The number of hydrogen-bond donors (Lipinski definition) is 2. The maximum absolute atomic E-state index is 13.7. The minimum atomic E-state index is -5.08. The maximum atomic E-state index is 13.7. The number of carbonyl (C=O) groups excluding carboxylic acids is 3. The first-order valence-electron chi connectivity index (χ1n) is 14.4. The van der Waals surface area contributed by atoms with Gasteiger partial charge < -0.3 is 25.4 Å². The average molecular weight is 696 g/mol. The van der Waals surface area contributed by atoms with Crippen LogP contribution in [-0.2, 0) is 14.4 Å². The van der Waals surface area contributed by atoms with Gasteiger partial charge in [-0.1, -0.05) is 59.6 Å². The molecule has 3 N–H and O–H groups in total. The third-order valence-corrected chi connectivity index (χ3v) is 8.47. The number of alkyl halides is 3. The molecular weight excluding hydrogens is 664 g/mol. The predicted octanol–water partition coefficient (Wildman–Crippen LogP) is 5.41. The van der Waals surface area contributed by atoms with E-state index in [9.17, 15) is 27.6 Å². The lowest BCUT2D eigenvalue weighted by Crippen LogP contribution is -2.47. The van der Waals surface area contributed by atoms with Crippen LogP contribution in [-0.4, -0.2) is 84.6 Å². The molecule has 3 aromatic carbocycles. The van der Waals surface area contributed by atoms with Gasteiger partial charge in [0.05, 0.1) is 21.8 Å². The molecule has 1 atom stereocenters. The molecule has 1 fully saturated rings. The maximum Gasteiger partial charge on any atom is 0.490 e. The Balaban J connectivity index is 0.000000644. The van der Waals surface area contributed by atoms with Crippen molar-refractivity contribution in [2.75, 3.05) is 44.7 Å². The second kappa shape index (κ2) is 15.1. The summed E-state index contributed by atoms with van der Waals surface area (Å²) in [5.74, 6) is -3.36. The van der Waals surface area contributed by atoms with E-state index in [-0.39, 0.29) is 36.0 Å². The van der Waals surface area contributed by atoms with Gasteiger partial charge in [0.2, 0.25) is 11.8 Å². The summed E-state index contributed by atoms with van der Waals surface area (Å²) in [6.07, 6.45) is -2.83. The number of benzene rings is 3. The molecule has 0 aliphatic carbocycles. The molecule has 2 aliphatic heterocycles. The van der Waals surface area contributed by atoms with Crippen LogP contribution in [0.25, 0.3) is 11.1 Å². The van der Waals surface area contributed by atoms with Crippen molar-refractivity contribution in [1.82, 2.24) is 9.80 Å². The highest BCUT2D eigenvalue weighted by atomic mass is 35.5. The zero-order valence-corrected chi connectivity index (χ0v) is 26.6. The number of carbonyl (C=O) groups is 4. The van der Waals surface area contributed by atoms with Crippen molar-refractivity contribution in [3.8, 4) is 16.9 Å². The Morgan fingerprint density at radius 1 is 1.00 bits per heavy atom. The van der Waals surface area contributed by atoms with Crippen LogP contribution in [0.4, 0.5) is 18.9 Å². The van der Waals surface area contributed by atoms with Crippen molar-refractivity contribution in [3.63, 3.8) is 0 Å². The third-order valence-electron chi connectivity index (χ3n) is 7.75. The monoisotopic (exact) mass is 694 g/mol. The zero-order valence-electron chi connectivity index (χ0n) is 25.1. The number of fused-ring (bicyclic) bond motifs is 1. The normalized spacial score (nSPS) is 15.2. The van der Waals surface area contributed by atoms with Crippen molar-refractivity contribution in [2.45, 2.75) is 25.1 Å². The molecule has 0 radical (unpaired) electrons. The van der Waals surface area contributed by atoms with Crippen molar-refractivity contribution >= 4 is 52.6 Å². The minimum Gasteiger partial charge on any atom is -0.482 e. The molecule has 2 heterocycles. The van der Waals surface area contributed by atoms with E-state index in [1.54, 1.807) is 42.3 Å². The Morgan fingerprint density at radius 2 is 1.62 bits per heavy atom. The number of primary amides is 1. The topological polar surface area (TPSA) is 133 Å². The summed E-state index contributed by atoms with van der Waals surface area (Å²) < 4.78 is 37.3. The Hall–Kier alpha value is -4.33. The van der Waals surface area contributed by atoms with Gasteiger partial charge in [-0.25, -0.2) is 4.79 Å². The van der Waals surface area contributed by atoms with Gasteiger partial charge in [0.1, 0.15) is 12.3 Å². The lowest BCUT2D eigenvalue weighted by molar-refractivity contribution is -0.192. The van der Waals surface area contributed by atoms with Gasteiger partial charge in [0, 0.05) is 25.2 Å². The van der Waals surface area contributed by atoms with Crippen LogP contribution in [0.1, 0.15) is 34.8 Å². The van der Waals surface area contributed by atoms with Crippen LogP contribution in [0.5, 0.6) is 5.75 Å². The number of likely N-dealkylation sites (tertiary alicyclic amines) is 1. The van der Waals surface area contributed by atoms with Crippen LogP contribution >= 0.6 is 23.2 Å². The molecule has 3 amide bonds. The Labute approximate surface area is 278 Å². The largest absolute Gasteiger partial charge is 0.490 e. The van der Waals surface area contributed by atoms with Gasteiger partial charge in [-0.05, 0) is 60.8 Å². The Kier molecular flexibility index (Phi) is 11.4. The Bertz CT molecular complexity index is 1650. The molecule has 10 nitrogen and oxygen atoms in total. The van der Waals surface area contributed by atoms with Gasteiger partial charge >= 0.3 is 12.1 Å². The van der Waals surface area contributed by atoms with E-state index in [0.29, 0.717) is 28.6 Å². The number of nitrogens with zero attached hydrogens (tertiary/aromatic N) is 3. The van der Waals surface area contributed by atoms with Gasteiger partial charge in [-0.15, -0.1) is 0 Å². The molecule has 250 valence electrons. The van der Waals surface area contributed by atoms with E-state index < -0.39 is 18.1 Å². The number of ether oxygens (including phenoxy) is 1. The minimum absolute atomic E-state index is 0.155. The average Bonchev–Trinajstić information content (AvgIpc) is 3.55. The molecule has 1 saturated heterocycles. The highest BCUT2D eigenvalue weighted by Crippen LogP contribution is 2.39. The fourth-order valence-corrected chi connectivity index (χ4v) is 5.51. The molecular formula is C32H31Cl2F3N4O6. The molecule has 5 rings (SSSR count). The molecule has 15 heteroatoms. The summed E-state index contributed by atoms with van der Waals surface area (Å²) in [7, 11) is 1.77. The van der Waals surface area contributed by atoms with Crippen LogP contribution in [0.3, 0.4) is 0 Å². The van der Waals surface area contributed by atoms with Gasteiger partial charge in [-0.3, -0.25) is 19.3 Å². The first kappa shape index (κ1) is 35.5. The van der Waals surface area contributed by atoms with Crippen molar-refractivity contribution in [3.05, 3.63) is 81.8 Å². The molecule has 2 aliphatic rings. The second-order valence-electron chi connectivity index (χ2n) is 10.9. The van der Waals surface area contributed by atoms with Gasteiger partial charge in [-0.2, -0.15) is 13.2 Å². The summed E-state index contributed by atoms with van der Waals surface area (Å²) in [6, 6.07) is 18.0. The van der Waals surface area contributed by atoms with Crippen molar-refractivity contribution in [1.29, 1.82) is 0 Å². The summed E-state index contributed by atoms with van der Waals surface area (Å²) in [4.78, 5) is 52.4. The number of amides is 3. The summed E-state index contributed by atoms with van der Waals surface area (Å²) >= 11 is 12.3. The number of aliphatic carboxylic acids is 1. The van der Waals surface area contributed by atoms with Gasteiger partial charge in [0.25, 0.3) is 5.91 Å². The lowest BCUT2D eigenvalue weighted by atomic mass is 9.98. The number of rotatable bonds is 8. The quantitative estimate of drug-likeness (QED) is 0.322. The molecule has 47 heavy (non-hydrogen) atoms. The number of carboxylic acid groups (broad SMARTS) is 1. The van der Waals surface area contributed by atoms with Gasteiger partial charge in [0.15, 0.2) is 6.61 Å². The van der Waals surface area contributed by atoms with Crippen LogP contribution in [0.2, 0.25) is 10.0 Å². The first-order valence-corrected chi connectivity index (χ1v) is 15.1. The van der Waals surface area contributed by atoms with E-state index >= 15 is 0 Å². The first-order chi connectivity index (χ1) is 22.1. The van der Waals surface area contributed by atoms with E-state index in [4.69, 9.17) is 43.6 Å². The zero-order chi connectivity index (χ0) is 34.5. The number of anilines is 1. The van der Waals surface area contributed by atoms with Crippen LogP contribution in [0.15, 0.2) is 60.7 Å². The van der Waals surface area contributed by atoms with Crippen LogP contribution < -0.4 is 15.4 Å². The predicted molar refractivity (Wildman–Crippen MR) is 170 cm³/mol. The van der Waals surface area contributed by atoms with E-state index in [2.05, 4.69) is 4.90 Å². The van der Waals surface area contributed by atoms with Crippen molar-refractivity contribution in [2.24, 2.45) is 5.73 Å². The smallest absolute Gasteiger partial charge is 0.482 e. The lowest BCUT2D eigenvalue weighted by Gasteiger charge is -2.35. The highest BCUT2D eigenvalue weighted by molar-refractivity contribution is 6.42. The molecule has 3 aromatic rings. The molecule has 0 unspecified atom stereocenters. The fourth-order valence-electron chi connectivity index (χ4n) is 5.20. The van der Waals surface area contributed by atoms with Crippen molar-refractivity contribution < 1.29 is 42.2 Å². The molecule has 0 aromatic heterocycles. The number of likely N-dealkylation sites (N-methyl/N-ethyl adjacent to an activating group) is 1. The van der Waals surface area contributed by atoms with Crippen LogP contribution in [0, 0.1) is 0 Å². The number of nitrogens with two attached hydrogens (primary N) is 1. The van der Waals surface area contributed by atoms with E-state index in [1.807, 2.05) is 30.3 Å². The standard InChI is InChI=1S/C30H30Cl2N4O4.C2HF3O2/c1-34(28(37)17-36-25-14-23(31)24(32)15-27(25)40-18-29(36)38)26(16-35-11-2-3-12-35)20-9-7-19(8-10-20)21-5-4-6-22(13-21)30(33)39;3-2(4,5)1(6)7/h4-10,13-15,26H,2-3,11-12,16-18H2,1H3,(H2,33,39);(H,6,7)/t26-;/m0./s1. The molecule has 0 bridgehead atoms. The molecule has 0 spiro atoms. The number of hydrogen-bond acceptors (Lipinski definition) is 6. The molecule has 0 saturated carbocycles. The second-order valence-corrected chi connectivity index (χ2v) is 11.7. The SMILES string of the molecule is CN(C(=O)CN1C(=O)COc2cc(Cl)c(Cl)cc21)[C@@H](CN1CCCC1)c1ccc(-c2cccc(C(N)=O)c2)cc1.O=C(O)C(F)(F)F. The van der Waals surface area contributed by atoms with E-state index in [0.717, 1.165) is 42.6 Å². The number of carboxylic acids is 1. The fraction of sp³-hybridized carbons (Fsp3) is 0.312. The number of halogens is 5. The summed E-state index contributed by atoms with van der Waals surface area (Å²) in [5, 5.41) is 7.71. The Morgan fingerprint density at radius 3 is 2.21 bits per heavy atom. The summed E-state index contributed by atoms with van der Waals surface area (Å²) in [6.45, 7) is 2.29. The highest BCUT2D eigenvalue weighted by Gasteiger charge is 2.38.